The van der Waals surface area contributed by atoms with Gasteiger partial charge >= 0.3 is 0 Å². The maximum Gasteiger partial charge on any atom is 0.164 e. The first-order valence-corrected chi connectivity index (χ1v) is 6.13. The van der Waals surface area contributed by atoms with E-state index in [0.717, 1.165) is 25.7 Å². The number of Topliss-reactive ketones (excluding diaryl/α,β-unsaturated/α-hetero) is 1. The van der Waals surface area contributed by atoms with E-state index in [1.165, 1.54) is 0 Å². The minimum atomic E-state index is -0.445. The van der Waals surface area contributed by atoms with Crippen LogP contribution >= 0.6 is 0 Å². The summed E-state index contributed by atoms with van der Waals surface area (Å²) in [7, 11) is 0. The van der Waals surface area contributed by atoms with Gasteiger partial charge in [0, 0.05) is 13.0 Å². The molecule has 1 fully saturated rings. The largest absolute Gasteiger partial charge is 0.368 e. The molecule has 0 N–H and O–H groups in total. The molecule has 88 valence electrons. The molecule has 1 saturated carbocycles. The summed E-state index contributed by atoms with van der Waals surface area (Å²) in [5, 5.41) is 0. The lowest BCUT2D eigenvalue weighted by atomic mass is 9.69. The van der Waals surface area contributed by atoms with Gasteiger partial charge in [-0.2, -0.15) is 0 Å². The Bertz CT molecular complexity index is 221. The lowest BCUT2D eigenvalue weighted by Gasteiger charge is -2.42. The average Bonchev–Trinajstić information content (AvgIpc) is 2.21. The molecular formula is C13H24O2. The molecule has 1 rings (SSSR count). The molecule has 0 aromatic carbocycles. The number of ketones is 1. The molecule has 0 saturated heterocycles. The quantitative estimate of drug-likeness (QED) is 0.714. The molecule has 2 nitrogen and oxygen atoms in total. The zero-order chi connectivity index (χ0) is 11.5. The fourth-order valence-corrected chi connectivity index (χ4v) is 2.43. The van der Waals surface area contributed by atoms with Gasteiger partial charge in [-0.25, -0.2) is 0 Å². The highest BCUT2D eigenvalue weighted by atomic mass is 16.5. The van der Waals surface area contributed by atoms with Gasteiger partial charge in [0.1, 0.15) is 5.60 Å². The van der Waals surface area contributed by atoms with Gasteiger partial charge in [-0.15, -0.1) is 0 Å². The fourth-order valence-electron chi connectivity index (χ4n) is 2.43. The first kappa shape index (κ1) is 12.7. The summed E-state index contributed by atoms with van der Waals surface area (Å²) in [5.41, 5.74) is -0.0619. The average molecular weight is 212 g/mol. The van der Waals surface area contributed by atoms with E-state index in [4.69, 9.17) is 4.74 Å². The van der Waals surface area contributed by atoms with Crippen molar-refractivity contribution >= 4 is 5.78 Å². The predicted octanol–water partition coefficient (Wildman–Crippen LogP) is 3.34. The fraction of sp³-hybridized carbons (Fsp3) is 0.923. The van der Waals surface area contributed by atoms with Gasteiger partial charge in [0.05, 0.1) is 0 Å². The SMILES string of the molecule is CCOC1(C(=O)CC)CCC(C)(C)CC1. The number of rotatable bonds is 4. The van der Waals surface area contributed by atoms with Crippen LogP contribution in [0.1, 0.15) is 59.8 Å². The number of ether oxygens (including phenoxy) is 1. The van der Waals surface area contributed by atoms with Crippen molar-refractivity contribution in [1.29, 1.82) is 0 Å². The van der Waals surface area contributed by atoms with Gasteiger partial charge in [0.15, 0.2) is 5.78 Å². The molecule has 2 heteroatoms. The molecule has 0 aromatic rings. The molecule has 0 heterocycles. The molecule has 0 atom stereocenters. The highest BCUT2D eigenvalue weighted by Crippen LogP contribution is 2.42. The summed E-state index contributed by atoms with van der Waals surface area (Å²) >= 11 is 0. The molecular weight excluding hydrogens is 188 g/mol. The molecule has 0 radical (unpaired) electrons. The van der Waals surface area contributed by atoms with Crippen molar-refractivity contribution in [3.8, 4) is 0 Å². The normalized spacial score (nSPS) is 23.7. The Morgan fingerprint density at radius 1 is 1.13 bits per heavy atom. The highest BCUT2D eigenvalue weighted by Gasteiger charge is 2.43. The Morgan fingerprint density at radius 3 is 2.07 bits per heavy atom. The van der Waals surface area contributed by atoms with Crippen LogP contribution in [0.3, 0.4) is 0 Å². The Kier molecular flexibility index (Phi) is 3.93. The Hall–Kier alpha value is -0.370. The van der Waals surface area contributed by atoms with Crippen LogP contribution in [0.4, 0.5) is 0 Å². The van der Waals surface area contributed by atoms with Gasteiger partial charge in [-0.3, -0.25) is 4.79 Å². The minimum absolute atomic E-state index is 0.292. The Labute approximate surface area is 93.4 Å². The van der Waals surface area contributed by atoms with Gasteiger partial charge in [-0.1, -0.05) is 20.8 Å². The zero-order valence-corrected chi connectivity index (χ0v) is 10.6. The van der Waals surface area contributed by atoms with Crippen LogP contribution in [-0.2, 0) is 9.53 Å². The second kappa shape index (κ2) is 4.65. The van der Waals surface area contributed by atoms with Gasteiger partial charge in [0.2, 0.25) is 0 Å². The smallest absolute Gasteiger partial charge is 0.164 e. The van der Waals surface area contributed by atoms with Crippen LogP contribution < -0.4 is 0 Å². The summed E-state index contributed by atoms with van der Waals surface area (Å²) in [6, 6.07) is 0. The number of hydrogen-bond acceptors (Lipinski definition) is 2. The van der Waals surface area contributed by atoms with E-state index >= 15 is 0 Å². The van der Waals surface area contributed by atoms with Gasteiger partial charge in [0.25, 0.3) is 0 Å². The van der Waals surface area contributed by atoms with E-state index < -0.39 is 5.60 Å². The van der Waals surface area contributed by atoms with E-state index in [1.54, 1.807) is 0 Å². The van der Waals surface area contributed by atoms with Crippen molar-refractivity contribution in [2.45, 2.75) is 65.4 Å². The molecule has 0 bridgehead atoms. The van der Waals surface area contributed by atoms with Crippen LogP contribution in [0.2, 0.25) is 0 Å². The van der Waals surface area contributed by atoms with Crippen LogP contribution in [0, 0.1) is 5.41 Å². The topological polar surface area (TPSA) is 26.3 Å². The lowest BCUT2D eigenvalue weighted by molar-refractivity contribution is -0.151. The number of hydrogen-bond donors (Lipinski definition) is 0. The van der Waals surface area contributed by atoms with E-state index in [-0.39, 0.29) is 0 Å². The zero-order valence-electron chi connectivity index (χ0n) is 10.6. The molecule has 1 aliphatic rings. The number of carbonyl (C=O) groups excluding carboxylic acids is 1. The van der Waals surface area contributed by atoms with Crippen molar-refractivity contribution in [2.75, 3.05) is 6.61 Å². The number of carbonyl (C=O) groups is 1. The third-order valence-electron chi connectivity index (χ3n) is 3.66. The molecule has 15 heavy (non-hydrogen) atoms. The molecule has 0 unspecified atom stereocenters. The predicted molar refractivity (Wildman–Crippen MR) is 61.9 cm³/mol. The summed E-state index contributed by atoms with van der Waals surface area (Å²) in [4.78, 5) is 12.0. The van der Waals surface area contributed by atoms with Crippen LogP contribution in [0.25, 0.3) is 0 Å². The van der Waals surface area contributed by atoms with Crippen molar-refractivity contribution in [1.82, 2.24) is 0 Å². The summed E-state index contributed by atoms with van der Waals surface area (Å²) in [5.74, 6) is 0.292. The maximum absolute atomic E-state index is 12.0. The van der Waals surface area contributed by atoms with Gasteiger partial charge < -0.3 is 4.74 Å². The van der Waals surface area contributed by atoms with Crippen molar-refractivity contribution < 1.29 is 9.53 Å². The molecule has 1 aliphatic carbocycles. The van der Waals surface area contributed by atoms with Gasteiger partial charge in [-0.05, 0) is 38.0 Å². The van der Waals surface area contributed by atoms with E-state index in [0.29, 0.717) is 24.2 Å². The second-order valence-electron chi connectivity index (χ2n) is 5.37. The van der Waals surface area contributed by atoms with E-state index in [9.17, 15) is 4.79 Å². The molecule has 0 amide bonds. The van der Waals surface area contributed by atoms with Crippen LogP contribution in [0.15, 0.2) is 0 Å². The monoisotopic (exact) mass is 212 g/mol. The first-order chi connectivity index (χ1) is 6.96. The van der Waals surface area contributed by atoms with Crippen LogP contribution in [-0.4, -0.2) is 18.0 Å². The first-order valence-electron chi connectivity index (χ1n) is 6.13. The molecule has 0 aromatic heterocycles. The third-order valence-corrected chi connectivity index (χ3v) is 3.66. The van der Waals surface area contributed by atoms with Crippen LogP contribution in [0.5, 0.6) is 0 Å². The van der Waals surface area contributed by atoms with Crippen molar-refractivity contribution in [3.05, 3.63) is 0 Å². The summed E-state index contributed by atoms with van der Waals surface area (Å²) < 4.78 is 5.77. The highest BCUT2D eigenvalue weighted by molar-refractivity contribution is 5.87. The molecule has 0 spiro atoms. The second-order valence-corrected chi connectivity index (χ2v) is 5.37. The Balaban J connectivity index is 2.73. The van der Waals surface area contributed by atoms with E-state index in [1.807, 2.05) is 13.8 Å². The summed E-state index contributed by atoms with van der Waals surface area (Å²) in [6.07, 6.45) is 4.60. The van der Waals surface area contributed by atoms with Crippen molar-refractivity contribution in [3.63, 3.8) is 0 Å². The third kappa shape index (κ3) is 2.81. The van der Waals surface area contributed by atoms with E-state index in [2.05, 4.69) is 13.8 Å². The van der Waals surface area contributed by atoms with Crippen molar-refractivity contribution in [2.24, 2.45) is 5.41 Å². The molecule has 0 aliphatic heterocycles. The summed E-state index contributed by atoms with van der Waals surface area (Å²) in [6.45, 7) is 9.11. The minimum Gasteiger partial charge on any atom is -0.368 e. The maximum atomic E-state index is 12.0. The lowest BCUT2D eigenvalue weighted by Crippen LogP contribution is -2.46. The standard InChI is InChI=1S/C13H24O2/c1-5-11(14)13(15-6-2)9-7-12(3,4)8-10-13/h5-10H2,1-4H3. The Morgan fingerprint density at radius 2 is 1.67 bits per heavy atom.